The molecule has 0 radical (unpaired) electrons. The van der Waals surface area contributed by atoms with Crippen molar-refractivity contribution in [2.45, 2.75) is 13.8 Å². The van der Waals surface area contributed by atoms with Gasteiger partial charge in [-0.15, -0.1) is 0 Å². The van der Waals surface area contributed by atoms with Gasteiger partial charge in [0, 0.05) is 50.8 Å². The fourth-order valence-electron chi connectivity index (χ4n) is 10.3. The maximum absolute atomic E-state index is 5.11. The van der Waals surface area contributed by atoms with Gasteiger partial charge in [-0.05, 0) is 120 Å². The molecule has 320 valence electrons. The summed E-state index contributed by atoms with van der Waals surface area (Å²) < 4.78 is 2.35. The monoisotopic (exact) mass is 861 g/mol. The number of anilines is 7. The van der Waals surface area contributed by atoms with Crippen molar-refractivity contribution in [1.82, 2.24) is 9.55 Å². The summed E-state index contributed by atoms with van der Waals surface area (Å²) in [5, 5.41) is 2.35. The van der Waals surface area contributed by atoms with E-state index >= 15 is 0 Å². The van der Waals surface area contributed by atoms with E-state index in [1.165, 1.54) is 38.8 Å². The van der Waals surface area contributed by atoms with Crippen molar-refractivity contribution in [3.05, 3.63) is 248 Å². The third kappa shape index (κ3) is 7.00. The fourth-order valence-corrected chi connectivity index (χ4v) is 10.3. The van der Waals surface area contributed by atoms with Crippen LogP contribution in [0.2, 0.25) is 0 Å². The Morgan fingerprint density at radius 3 is 1.67 bits per heavy atom. The molecule has 3 heterocycles. The number of aromatic nitrogens is 2. The highest BCUT2D eigenvalue weighted by Gasteiger charge is 2.29. The number of para-hydroxylation sites is 5. The van der Waals surface area contributed by atoms with Crippen LogP contribution < -0.4 is 14.7 Å². The molecule has 0 amide bonds. The second-order valence-electron chi connectivity index (χ2n) is 17.3. The highest BCUT2D eigenvalue weighted by Crippen LogP contribution is 2.50. The molecule has 5 heteroatoms. The number of nitrogens with zero attached hydrogens (tertiary/aromatic N) is 5. The lowest BCUT2D eigenvalue weighted by atomic mass is 9.94. The van der Waals surface area contributed by atoms with Crippen LogP contribution in [0.5, 0.6) is 0 Å². The Bertz CT molecular complexity index is 3520. The first kappa shape index (κ1) is 39.9. The first-order valence-corrected chi connectivity index (χ1v) is 23.0. The SMILES string of the molecule is Cc1cccc(C)c1-c1ccnc(-n2c3ccccc3c3ccc(N(c4cccc(N5CN(c6ccccc6)c6ccccc65)c4)c4c(-c5ccccc5)cccc4-c4ccccc4)cc32)c1. The summed E-state index contributed by atoms with van der Waals surface area (Å²) in [7, 11) is 0. The molecule has 12 rings (SSSR count). The summed E-state index contributed by atoms with van der Waals surface area (Å²) in [6, 6.07) is 83.4. The number of fused-ring (bicyclic) bond motifs is 4. The van der Waals surface area contributed by atoms with Crippen LogP contribution in [0, 0.1) is 13.8 Å². The van der Waals surface area contributed by atoms with Crippen molar-refractivity contribution in [1.29, 1.82) is 0 Å². The predicted octanol–water partition coefficient (Wildman–Crippen LogP) is 16.5. The molecule has 0 saturated heterocycles. The van der Waals surface area contributed by atoms with E-state index in [4.69, 9.17) is 4.98 Å². The van der Waals surface area contributed by atoms with Gasteiger partial charge in [-0.3, -0.25) is 4.57 Å². The van der Waals surface area contributed by atoms with Gasteiger partial charge in [-0.25, -0.2) is 4.98 Å². The molecule has 0 spiro atoms. The summed E-state index contributed by atoms with van der Waals surface area (Å²) >= 11 is 0. The van der Waals surface area contributed by atoms with Crippen LogP contribution >= 0.6 is 0 Å². The van der Waals surface area contributed by atoms with E-state index < -0.39 is 0 Å². The summed E-state index contributed by atoms with van der Waals surface area (Å²) in [6.45, 7) is 5.07. The molecule has 0 fully saturated rings. The Kier molecular flexibility index (Phi) is 9.95. The Morgan fingerprint density at radius 1 is 0.418 bits per heavy atom. The lowest BCUT2D eigenvalue weighted by Gasteiger charge is -2.31. The Hall–Kier alpha value is -8.67. The van der Waals surface area contributed by atoms with Crippen molar-refractivity contribution in [3.63, 3.8) is 0 Å². The normalized spacial score (nSPS) is 12.2. The maximum atomic E-state index is 5.11. The van der Waals surface area contributed by atoms with Gasteiger partial charge >= 0.3 is 0 Å². The van der Waals surface area contributed by atoms with Gasteiger partial charge in [0.1, 0.15) is 12.5 Å². The zero-order valence-corrected chi connectivity index (χ0v) is 37.5. The van der Waals surface area contributed by atoms with E-state index in [0.29, 0.717) is 6.67 Å². The number of rotatable bonds is 9. The van der Waals surface area contributed by atoms with Gasteiger partial charge < -0.3 is 14.7 Å². The second-order valence-corrected chi connectivity index (χ2v) is 17.3. The highest BCUT2D eigenvalue weighted by molar-refractivity contribution is 6.11. The summed E-state index contributed by atoms with van der Waals surface area (Å²) in [6.07, 6.45) is 1.95. The van der Waals surface area contributed by atoms with Crippen LogP contribution in [0.25, 0.3) is 61.0 Å². The Morgan fingerprint density at radius 2 is 0.970 bits per heavy atom. The molecule has 0 bridgehead atoms. The summed E-state index contributed by atoms with van der Waals surface area (Å²) in [5.41, 5.74) is 19.5. The molecule has 2 aromatic heterocycles. The molecule has 67 heavy (non-hydrogen) atoms. The first-order valence-electron chi connectivity index (χ1n) is 23.0. The smallest absolute Gasteiger partial charge is 0.138 e. The third-order valence-electron chi connectivity index (χ3n) is 13.3. The molecule has 0 N–H and O–H groups in total. The Labute approximate surface area is 391 Å². The van der Waals surface area contributed by atoms with Crippen molar-refractivity contribution >= 4 is 61.6 Å². The van der Waals surface area contributed by atoms with E-state index in [9.17, 15) is 0 Å². The quantitative estimate of drug-likeness (QED) is 0.144. The van der Waals surface area contributed by atoms with Gasteiger partial charge in [-0.1, -0.05) is 158 Å². The van der Waals surface area contributed by atoms with Crippen molar-refractivity contribution in [2.75, 3.05) is 21.4 Å². The summed E-state index contributed by atoms with van der Waals surface area (Å²) in [4.78, 5) is 12.4. The lowest BCUT2D eigenvalue weighted by Crippen LogP contribution is -2.24. The van der Waals surface area contributed by atoms with Crippen molar-refractivity contribution in [2.24, 2.45) is 0 Å². The van der Waals surface area contributed by atoms with Crippen LogP contribution in [0.15, 0.2) is 237 Å². The van der Waals surface area contributed by atoms with Gasteiger partial charge in [0.2, 0.25) is 0 Å². The number of benzene rings is 9. The zero-order valence-electron chi connectivity index (χ0n) is 37.5. The molecular weight excluding hydrogens is 815 g/mol. The van der Waals surface area contributed by atoms with Gasteiger partial charge in [0.15, 0.2) is 0 Å². The number of hydrogen-bond donors (Lipinski definition) is 0. The van der Waals surface area contributed by atoms with Crippen LogP contribution in [0.4, 0.5) is 39.8 Å². The average molecular weight is 862 g/mol. The van der Waals surface area contributed by atoms with Crippen molar-refractivity contribution in [3.8, 4) is 39.2 Å². The van der Waals surface area contributed by atoms with Crippen LogP contribution in [-0.4, -0.2) is 16.2 Å². The molecule has 0 saturated carbocycles. The molecule has 1 aliphatic rings. The van der Waals surface area contributed by atoms with E-state index in [1.54, 1.807) is 0 Å². The number of hydrogen-bond acceptors (Lipinski definition) is 4. The highest BCUT2D eigenvalue weighted by atomic mass is 15.4. The van der Waals surface area contributed by atoms with Gasteiger partial charge in [0.05, 0.1) is 28.1 Å². The number of aryl methyl sites for hydroxylation is 2. The fraction of sp³-hybridized carbons (Fsp3) is 0.0484. The average Bonchev–Trinajstić information content (AvgIpc) is 3.94. The van der Waals surface area contributed by atoms with Gasteiger partial charge in [-0.2, -0.15) is 0 Å². The molecule has 0 aliphatic carbocycles. The minimum absolute atomic E-state index is 0.683. The molecule has 9 aromatic carbocycles. The van der Waals surface area contributed by atoms with Crippen LogP contribution in [0.3, 0.4) is 0 Å². The molecule has 11 aromatic rings. The molecule has 0 unspecified atom stereocenters. The predicted molar refractivity (Wildman–Crippen MR) is 281 cm³/mol. The number of pyridine rings is 1. The minimum Gasteiger partial charge on any atom is -0.321 e. The van der Waals surface area contributed by atoms with E-state index in [2.05, 4.69) is 264 Å². The van der Waals surface area contributed by atoms with Crippen molar-refractivity contribution < 1.29 is 0 Å². The topological polar surface area (TPSA) is 27.5 Å². The minimum atomic E-state index is 0.683. The maximum Gasteiger partial charge on any atom is 0.138 e. The molecule has 1 aliphatic heterocycles. The second kappa shape index (κ2) is 16.7. The van der Waals surface area contributed by atoms with E-state index in [-0.39, 0.29) is 0 Å². The molecular formula is C62H47N5. The van der Waals surface area contributed by atoms with E-state index in [0.717, 1.165) is 73.1 Å². The van der Waals surface area contributed by atoms with Crippen LogP contribution in [0.1, 0.15) is 11.1 Å². The largest absolute Gasteiger partial charge is 0.321 e. The zero-order chi connectivity index (χ0) is 44.8. The first-order chi connectivity index (χ1) is 33.1. The summed E-state index contributed by atoms with van der Waals surface area (Å²) in [5.74, 6) is 0.877. The van der Waals surface area contributed by atoms with E-state index in [1.807, 2.05) is 6.20 Å². The molecule has 5 nitrogen and oxygen atoms in total. The molecule has 0 atom stereocenters. The third-order valence-corrected chi connectivity index (χ3v) is 13.3. The van der Waals surface area contributed by atoms with Gasteiger partial charge in [0.25, 0.3) is 0 Å². The Balaban J connectivity index is 1.11. The standard InChI is InChI=1S/C62H47N5/c1-43-19-16-20-44(2)61(43)47-37-38-63-60(39-47)67-56-32-13-12-29-54(56)55-36-35-51(41-59(55)67)66(62-52(45-21-6-3-7-22-45)30-18-31-53(62)46-23-8-4-9-24-46)50-28-17-27-49(40-50)65-42-64(48-25-10-5-11-26-48)57-33-14-15-34-58(57)65/h3-41H,42H2,1-2H3. The lowest BCUT2D eigenvalue weighted by molar-refractivity contribution is 0.991. The van der Waals surface area contributed by atoms with Crippen LogP contribution in [-0.2, 0) is 0 Å².